The van der Waals surface area contributed by atoms with Gasteiger partial charge < -0.3 is 5.32 Å². The standard InChI is InChI=1S/C14H16N6O2/c1-9-6-12-17-11(7-14(22)20(12)18-9)10(2)16-13(21)8-19-5-3-4-15-19/h3-7,10,18H,8H2,1-2H3,(H,16,21)/t10-/m0/s1. The van der Waals surface area contributed by atoms with Gasteiger partial charge in [-0.1, -0.05) is 0 Å². The quantitative estimate of drug-likeness (QED) is 0.729. The molecule has 0 saturated heterocycles. The lowest BCUT2D eigenvalue weighted by Gasteiger charge is -2.13. The van der Waals surface area contributed by atoms with Crippen LogP contribution in [0.1, 0.15) is 24.4 Å². The predicted molar refractivity (Wildman–Crippen MR) is 79.3 cm³/mol. The summed E-state index contributed by atoms with van der Waals surface area (Å²) >= 11 is 0. The predicted octanol–water partition coefficient (Wildman–Crippen LogP) is 0.405. The topological polar surface area (TPSA) is 97.1 Å². The summed E-state index contributed by atoms with van der Waals surface area (Å²) in [5.41, 5.74) is 1.70. The number of fused-ring (bicyclic) bond motifs is 1. The van der Waals surface area contributed by atoms with Crippen LogP contribution in [0.4, 0.5) is 0 Å². The highest BCUT2D eigenvalue weighted by molar-refractivity contribution is 5.76. The highest BCUT2D eigenvalue weighted by Crippen LogP contribution is 2.09. The van der Waals surface area contributed by atoms with Crippen molar-refractivity contribution in [3.8, 4) is 0 Å². The molecule has 0 unspecified atom stereocenters. The molecule has 0 aliphatic carbocycles. The largest absolute Gasteiger partial charge is 0.346 e. The number of hydrogen-bond donors (Lipinski definition) is 2. The van der Waals surface area contributed by atoms with Crippen LogP contribution in [-0.2, 0) is 11.3 Å². The smallest absolute Gasteiger partial charge is 0.272 e. The molecule has 0 aliphatic heterocycles. The minimum atomic E-state index is -0.365. The van der Waals surface area contributed by atoms with E-state index in [-0.39, 0.29) is 24.1 Å². The number of carbonyl (C=O) groups is 1. The zero-order chi connectivity index (χ0) is 15.7. The van der Waals surface area contributed by atoms with Gasteiger partial charge >= 0.3 is 0 Å². The third-order valence-corrected chi connectivity index (χ3v) is 3.28. The summed E-state index contributed by atoms with van der Waals surface area (Å²) in [4.78, 5) is 28.4. The van der Waals surface area contributed by atoms with Gasteiger partial charge in [-0.25, -0.2) is 9.50 Å². The molecule has 114 valence electrons. The van der Waals surface area contributed by atoms with Crippen molar-refractivity contribution in [2.45, 2.75) is 26.4 Å². The normalized spacial score (nSPS) is 12.5. The number of nitrogens with zero attached hydrogens (tertiary/aromatic N) is 4. The van der Waals surface area contributed by atoms with E-state index in [1.807, 2.05) is 6.92 Å². The first-order valence-electron chi connectivity index (χ1n) is 6.89. The van der Waals surface area contributed by atoms with Crippen LogP contribution < -0.4 is 10.9 Å². The fraction of sp³-hybridized carbons (Fsp3) is 0.286. The Kier molecular flexibility index (Phi) is 3.50. The molecule has 8 heteroatoms. The van der Waals surface area contributed by atoms with Crippen LogP contribution in [0.2, 0.25) is 0 Å². The molecule has 0 saturated carbocycles. The zero-order valence-corrected chi connectivity index (χ0v) is 12.3. The summed E-state index contributed by atoms with van der Waals surface area (Å²) in [6.07, 6.45) is 3.32. The van der Waals surface area contributed by atoms with Crippen LogP contribution in [0.3, 0.4) is 0 Å². The third kappa shape index (κ3) is 2.76. The molecule has 0 radical (unpaired) electrons. The first-order chi connectivity index (χ1) is 10.5. The molecule has 2 N–H and O–H groups in total. The Hall–Kier alpha value is -2.90. The fourth-order valence-electron chi connectivity index (χ4n) is 2.25. The molecule has 0 aliphatic rings. The molecule has 22 heavy (non-hydrogen) atoms. The molecule has 3 aromatic heterocycles. The number of carbonyl (C=O) groups excluding carboxylic acids is 1. The number of aryl methyl sites for hydroxylation is 1. The Bertz CT molecular complexity index is 861. The Labute approximate surface area is 125 Å². The average molecular weight is 300 g/mol. The zero-order valence-electron chi connectivity index (χ0n) is 12.3. The number of aromatic amines is 1. The van der Waals surface area contributed by atoms with Crippen molar-refractivity contribution in [1.82, 2.24) is 29.7 Å². The molecule has 3 aromatic rings. The maximum Gasteiger partial charge on any atom is 0.272 e. The van der Waals surface area contributed by atoms with E-state index in [1.165, 1.54) is 15.3 Å². The Morgan fingerprint density at radius 1 is 1.45 bits per heavy atom. The lowest BCUT2D eigenvalue weighted by atomic mass is 10.2. The summed E-state index contributed by atoms with van der Waals surface area (Å²) < 4.78 is 2.90. The molecular formula is C14H16N6O2. The first-order valence-corrected chi connectivity index (χ1v) is 6.89. The number of amides is 1. The van der Waals surface area contributed by atoms with Gasteiger partial charge in [0.1, 0.15) is 6.54 Å². The minimum absolute atomic E-state index is 0.127. The number of nitrogens with one attached hydrogen (secondary N) is 2. The summed E-state index contributed by atoms with van der Waals surface area (Å²) in [6.45, 7) is 3.77. The Morgan fingerprint density at radius 3 is 3.00 bits per heavy atom. The molecule has 0 bridgehead atoms. The highest BCUT2D eigenvalue weighted by Gasteiger charge is 2.14. The van der Waals surface area contributed by atoms with Crippen LogP contribution in [-0.4, -0.2) is 30.3 Å². The Morgan fingerprint density at radius 2 is 2.27 bits per heavy atom. The van der Waals surface area contributed by atoms with Crippen molar-refractivity contribution in [1.29, 1.82) is 0 Å². The van der Waals surface area contributed by atoms with Crippen molar-refractivity contribution < 1.29 is 4.79 Å². The lowest BCUT2D eigenvalue weighted by Crippen LogP contribution is -2.31. The summed E-state index contributed by atoms with van der Waals surface area (Å²) in [7, 11) is 0. The maximum atomic E-state index is 12.0. The van der Waals surface area contributed by atoms with Crippen LogP contribution in [0.25, 0.3) is 5.65 Å². The number of hydrogen-bond acceptors (Lipinski definition) is 4. The molecular weight excluding hydrogens is 284 g/mol. The van der Waals surface area contributed by atoms with E-state index in [4.69, 9.17) is 0 Å². The van der Waals surface area contributed by atoms with Crippen molar-refractivity contribution >= 4 is 11.6 Å². The van der Waals surface area contributed by atoms with Gasteiger partial charge in [0.2, 0.25) is 5.91 Å². The maximum absolute atomic E-state index is 12.0. The van der Waals surface area contributed by atoms with E-state index in [2.05, 4.69) is 20.5 Å². The van der Waals surface area contributed by atoms with E-state index in [9.17, 15) is 9.59 Å². The van der Waals surface area contributed by atoms with Crippen LogP contribution >= 0.6 is 0 Å². The first kappa shape index (κ1) is 14.1. The second-order valence-electron chi connectivity index (χ2n) is 5.14. The average Bonchev–Trinajstić information content (AvgIpc) is 3.07. The molecule has 0 spiro atoms. The molecule has 1 atom stereocenters. The van der Waals surface area contributed by atoms with Crippen LogP contribution in [0, 0.1) is 6.92 Å². The molecule has 3 heterocycles. The number of H-pyrrole nitrogens is 1. The SMILES string of the molecule is Cc1cc2nc([C@H](C)NC(=O)Cn3cccn3)cc(=O)n2[nH]1. The lowest BCUT2D eigenvalue weighted by molar-refractivity contribution is -0.122. The van der Waals surface area contributed by atoms with Gasteiger partial charge in [0, 0.05) is 30.2 Å². The van der Waals surface area contributed by atoms with Gasteiger partial charge in [-0.05, 0) is 19.9 Å². The van der Waals surface area contributed by atoms with Crippen molar-refractivity contribution in [2.24, 2.45) is 0 Å². The molecule has 0 aromatic carbocycles. The van der Waals surface area contributed by atoms with E-state index in [0.717, 1.165) is 5.69 Å². The molecule has 8 nitrogen and oxygen atoms in total. The summed E-state index contributed by atoms with van der Waals surface area (Å²) in [6, 6.07) is 4.59. The van der Waals surface area contributed by atoms with Crippen molar-refractivity contribution in [3.05, 3.63) is 52.3 Å². The molecule has 3 rings (SSSR count). The van der Waals surface area contributed by atoms with Gasteiger partial charge in [0.05, 0.1) is 11.7 Å². The molecule has 1 amide bonds. The minimum Gasteiger partial charge on any atom is -0.346 e. The monoisotopic (exact) mass is 300 g/mol. The third-order valence-electron chi connectivity index (χ3n) is 3.28. The fourth-order valence-corrected chi connectivity index (χ4v) is 2.25. The van der Waals surface area contributed by atoms with E-state index in [1.54, 1.807) is 31.5 Å². The van der Waals surface area contributed by atoms with Gasteiger partial charge in [-0.3, -0.25) is 19.4 Å². The summed E-state index contributed by atoms with van der Waals surface area (Å²) in [5.74, 6) is -0.191. The van der Waals surface area contributed by atoms with Gasteiger partial charge in [0.25, 0.3) is 5.56 Å². The van der Waals surface area contributed by atoms with Crippen molar-refractivity contribution in [3.63, 3.8) is 0 Å². The van der Waals surface area contributed by atoms with E-state index in [0.29, 0.717) is 11.3 Å². The number of aromatic nitrogens is 5. The van der Waals surface area contributed by atoms with Crippen LogP contribution in [0.5, 0.6) is 0 Å². The second kappa shape index (κ2) is 5.47. The van der Waals surface area contributed by atoms with E-state index < -0.39 is 0 Å². The van der Waals surface area contributed by atoms with Gasteiger partial charge in [-0.2, -0.15) is 5.10 Å². The van der Waals surface area contributed by atoms with Crippen LogP contribution in [0.15, 0.2) is 35.4 Å². The van der Waals surface area contributed by atoms with Crippen molar-refractivity contribution in [2.75, 3.05) is 0 Å². The number of rotatable bonds is 4. The second-order valence-corrected chi connectivity index (χ2v) is 5.14. The van der Waals surface area contributed by atoms with Gasteiger partial charge in [0.15, 0.2) is 5.65 Å². The molecule has 0 fully saturated rings. The van der Waals surface area contributed by atoms with E-state index >= 15 is 0 Å². The summed E-state index contributed by atoms with van der Waals surface area (Å²) in [5, 5.41) is 9.70. The van der Waals surface area contributed by atoms with Gasteiger partial charge in [-0.15, -0.1) is 0 Å². The Balaban J connectivity index is 1.78. The highest BCUT2D eigenvalue weighted by atomic mass is 16.2.